The minimum absolute atomic E-state index is 0. The maximum absolute atomic E-state index is 12.4. The number of sulfone groups is 2. The summed E-state index contributed by atoms with van der Waals surface area (Å²) >= 11 is 0. The quantitative estimate of drug-likeness (QED) is 0.0289. The number of phenolic OH excluding ortho intramolecular Hbond substituents is 2. The molecule has 0 spiro atoms. The van der Waals surface area contributed by atoms with Crippen molar-refractivity contribution < 1.29 is 215 Å². The van der Waals surface area contributed by atoms with Crippen molar-refractivity contribution in [1.82, 2.24) is 0 Å². The molecule has 0 saturated heterocycles. The fourth-order valence-electron chi connectivity index (χ4n) is 4.24. The van der Waals surface area contributed by atoms with Crippen LogP contribution in [0.1, 0.15) is 5.56 Å². The fourth-order valence-corrected chi connectivity index (χ4v) is 6.44. The third-order valence-electron chi connectivity index (χ3n) is 6.66. The van der Waals surface area contributed by atoms with Gasteiger partial charge in [-0.05, 0) is 42.8 Å². The van der Waals surface area contributed by atoms with Gasteiger partial charge in [-0.3, -0.25) is 9.11 Å². The molecule has 1 radical (unpaired) electrons. The zero-order valence-electron chi connectivity index (χ0n) is 33.3. The SMILES string of the molecule is O=S(=O)([O-])O.O=S(=O)([O-])O.[CH2-]CS(=O)(=O)c1ccc(OC)c(N=Nc2c(NCS(=O)(=O)[O-])ccc3c(O)c(N=Nc4cc(C)c(S(=O)(=O)C[CH2-])cc4O)[c-]cc23)c1.[Cu].[Na+].[Na+].[Na+].[Na+]. The van der Waals surface area contributed by atoms with Crippen molar-refractivity contribution in [3.8, 4) is 17.2 Å². The Balaban J connectivity index is -0.00000101. The zero-order valence-corrected chi connectivity index (χ0v) is 46.3. The Morgan fingerprint density at radius 1 is 0.726 bits per heavy atom. The van der Waals surface area contributed by atoms with Gasteiger partial charge in [-0.15, -0.1) is 10.2 Å². The summed E-state index contributed by atoms with van der Waals surface area (Å²) in [5.74, 6) is -2.64. The summed E-state index contributed by atoms with van der Waals surface area (Å²) in [6.45, 7) is 8.32. The van der Waals surface area contributed by atoms with E-state index in [1.807, 2.05) is 0 Å². The number of nitrogens with zero attached hydrogens (tertiary/aromatic N) is 4. The first-order valence-electron chi connectivity index (χ1n) is 14.6. The summed E-state index contributed by atoms with van der Waals surface area (Å²) in [4.78, 5) is -0.217. The van der Waals surface area contributed by atoms with Gasteiger partial charge in [-0.2, -0.15) is 22.4 Å². The van der Waals surface area contributed by atoms with Gasteiger partial charge in [0.1, 0.15) is 38.9 Å². The van der Waals surface area contributed by atoms with Crippen LogP contribution in [-0.4, -0.2) is 99.6 Å². The Hall–Kier alpha value is -0.391. The molecule has 23 nitrogen and oxygen atoms in total. The average molecular weight is 1050 g/mol. The van der Waals surface area contributed by atoms with Gasteiger partial charge in [0.05, 0.1) is 28.3 Å². The van der Waals surface area contributed by atoms with Gasteiger partial charge in [0.2, 0.25) is 20.8 Å². The Morgan fingerprint density at radius 2 is 1.24 bits per heavy atom. The van der Waals surface area contributed by atoms with Crippen molar-refractivity contribution in [3.05, 3.63) is 74.0 Å². The van der Waals surface area contributed by atoms with E-state index in [1.54, 1.807) is 0 Å². The number of anilines is 1. The largest absolute Gasteiger partial charge is 1.00 e. The fraction of sp³-hybridized carbons (Fsp3) is 0.172. The molecule has 62 heavy (non-hydrogen) atoms. The van der Waals surface area contributed by atoms with Crippen molar-refractivity contribution in [2.24, 2.45) is 20.5 Å². The molecule has 0 bridgehead atoms. The normalized spacial score (nSPS) is 11.5. The molecule has 4 aromatic carbocycles. The number of hydrogen-bond donors (Lipinski definition) is 5. The number of nitrogens with one attached hydrogen (secondary N) is 1. The number of benzene rings is 4. The molecule has 4 aromatic rings. The standard InChI is InChI=1S/C29H28N5O10S3.Cu.4Na.2H2O4S/c1-5-45(37,38)18-7-12-26(44-4)24(14-18)33-34-28-19-8-11-22(29(36)20(19)9-10-21(28)30-16-47(41,42)43)31-32-23-13-17(3)27(15-25(23)35)46(39,40)6-2;;;;;;2*1-5(2,3)4/h7-10,12-15,30,35-36H,1-2,5-6,16H2,3-4H3,(H,41,42,43);;;;;;2*(H2,1,2,3,4)/q-3;;4*+1;;/p-3. The minimum Gasteiger partial charge on any atom is -0.747 e. The zero-order chi connectivity index (χ0) is 43.7. The van der Waals surface area contributed by atoms with Gasteiger partial charge < -0.3 is 47.8 Å². The van der Waals surface area contributed by atoms with Gasteiger partial charge in [-0.1, -0.05) is 28.3 Å². The van der Waals surface area contributed by atoms with Crippen LogP contribution in [0, 0.1) is 26.8 Å². The van der Waals surface area contributed by atoms with Crippen LogP contribution in [0.2, 0.25) is 0 Å². The molecule has 33 heteroatoms. The monoisotopic (exact) mass is 1050 g/mol. The molecular formula is C29H29CuN5Na4O18S5-2. The molecule has 0 unspecified atom stereocenters. The minimum atomic E-state index is -4.92. The summed E-state index contributed by atoms with van der Waals surface area (Å²) < 4.78 is 154. The summed E-state index contributed by atoms with van der Waals surface area (Å²) in [7, 11) is -20.7. The van der Waals surface area contributed by atoms with Crippen LogP contribution in [0.5, 0.6) is 17.2 Å². The molecule has 0 aromatic heterocycles. The van der Waals surface area contributed by atoms with Crippen LogP contribution in [-0.2, 0) is 67.7 Å². The molecule has 5 N–H and O–H groups in total. The van der Waals surface area contributed by atoms with E-state index in [4.69, 9.17) is 39.8 Å². The molecule has 0 heterocycles. The first kappa shape index (κ1) is 68.2. The smallest absolute Gasteiger partial charge is 0.747 e. The number of aromatic hydroxyl groups is 2. The predicted molar refractivity (Wildman–Crippen MR) is 196 cm³/mol. The number of hydrogen-bond acceptors (Lipinski definition) is 21. The number of ether oxygens (including phenoxy) is 1. The third-order valence-corrected chi connectivity index (χ3v) is 10.3. The van der Waals surface area contributed by atoms with Crippen LogP contribution in [0.15, 0.2) is 78.8 Å². The number of aryl methyl sites for hydroxylation is 1. The summed E-state index contributed by atoms with van der Waals surface area (Å²) in [5, 5.41) is 40.4. The van der Waals surface area contributed by atoms with Gasteiger partial charge in [0.15, 0.2) is 19.7 Å². The molecule has 325 valence electrons. The molecule has 0 aliphatic heterocycles. The molecule has 0 aliphatic carbocycles. The first-order chi connectivity index (χ1) is 26.0. The number of fused-ring (bicyclic) bond motifs is 1. The predicted octanol–water partition coefficient (Wildman–Crippen LogP) is -8.65. The maximum atomic E-state index is 12.4. The molecule has 0 aliphatic rings. The number of methoxy groups -OCH3 is 1. The molecular weight excluding hydrogens is 1020 g/mol. The van der Waals surface area contributed by atoms with Crippen molar-refractivity contribution in [1.29, 1.82) is 0 Å². The third kappa shape index (κ3) is 22.9. The van der Waals surface area contributed by atoms with Crippen LogP contribution >= 0.6 is 0 Å². The van der Waals surface area contributed by atoms with Crippen LogP contribution in [0.4, 0.5) is 28.4 Å². The first-order valence-corrected chi connectivity index (χ1v) is 22.3. The molecule has 0 amide bonds. The van der Waals surface area contributed by atoms with Gasteiger partial charge in [0.25, 0.3) is 0 Å². The second kappa shape index (κ2) is 28.7. The van der Waals surface area contributed by atoms with E-state index in [0.29, 0.717) is 0 Å². The Labute approximate surface area is 456 Å². The van der Waals surface area contributed by atoms with Gasteiger partial charge in [0, 0.05) is 34.6 Å². The van der Waals surface area contributed by atoms with E-state index in [1.165, 1.54) is 56.5 Å². The van der Waals surface area contributed by atoms with E-state index < -0.39 is 79.5 Å². The molecule has 0 saturated carbocycles. The van der Waals surface area contributed by atoms with E-state index in [2.05, 4.69) is 45.7 Å². The topological polar surface area (TPSA) is 392 Å². The van der Waals surface area contributed by atoms with Crippen molar-refractivity contribution in [2.45, 2.75) is 16.7 Å². The summed E-state index contributed by atoms with van der Waals surface area (Å²) in [6, 6.07) is 12.9. The van der Waals surface area contributed by atoms with Crippen molar-refractivity contribution in [2.75, 3.05) is 29.8 Å². The van der Waals surface area contributed by atoms with Gasteiger partial charge >= 0.3 is 118 Å². The Morgan fingerprint density at radius 3 is 1.73 bits per heavy atom. The van der Waals surface area contributed by atoms with E-state index >= 15 is 0 Å². The van der Waals surface area contributed by atoms with Crippen LogP contribution in [0.3, 0.4) is 0 Å². The van der Waals surface area contributed by atoms with E-state index in [-0.39, 0.29) is 196 Å². The van der Waals surface area contributed by atoms with Gasteiger partial charge in [-0.25, -0.2) is 42.1 Å². The Bertz CT molecular complexity index is 2740. The maximum Gasteiger partial charge on any atom is 1.00 e. The molecule has 4 rings (SSSR count). The second-order valence-electron chi connectivity index (χ2n) is 10.6. The second-order valence-corrected chi connectivity index (χ2v) is 17.9. The Kier molecular flexibility index (Phi) is 31.6. The van der Waals surface area contributed by atoms with Crippen molar-refractivity contribution >= 4 is 89.8 Å². The number of phenols is 2. The number of azo groups is 2. The summed E-state index contributed by atoms with van der Waals surface area (Å²) in [5.41, 5.74) is -0.0615. The summed E-state index contributed by atoms with van der Waals surface area (Å²) in [6.07, 6.45) is 0. The van der Waals surface area contributed by atoms with Crippen LogP contribution < -0.4 is 128 Å². The van der Waals surface area contributed by atoms with E-state index in [0.717, 1.165) is 6.07 Å². The van der Waals surface area contributed by atoms with Crippen LogP contribution in [0.25, 0.3) is 10.8 Å². The molecule has 0 atom stereocenters. The average Bonchev–Trinajstić information content (AvgIpc) is 3.08. The number of rotatable bonds is 12. The van der Waals surface area contributed by atoms with Crippen molar-refractivity contribution in [3.63, 3.8) is 0 Å². The molecule has 0 fully saturated rings. The van der Waals surface area contributed by atoms with E-state index in [9.17, 15) is 40.0 Å².